The number of urea groups is 1. The molecule has 1 aliphatic heterocycles. The van der Waals surface area contributed by atoms with Gasteiger partial charge in [0.15, 0.2) is 0 Å². The Morgan fingerprint density at radius 1 is 1.03 bits per heavy atom. The van der Waals surface area contributed by atoms with Crippen LogP contribution in [0.5, 0.6) is 0 Å². The van der Waals surface area contributed by atoms with Crippen LogP contribution in [0.25, 0.3) is 5.65 Å². The fraction of sp³-hybridized carbons (Fsp3) is 0.357. The van der Waals surface area contributed by atoms with Crippen molar-refractivity contribution >= 4 is 23.3 Å². The molecule has 2 amide bonds. The molecule has 1 saturated heterocycles. The van der Waals surface area contributed by atoms with Crippen molar-refractivity contribution in [2.24, 2.45) is 0 Å². The lowest BCUT2D eigenvalue weighted by Gasteiger charge is -2.35. The van der Waals surface area contributed by atoms with Crippen LogP contribution in [0, 0.1) is 0 Å². The Hall–Kier alpha value is -3.98. The fourth-order valence-electron chi connectivity index (χ4n) is 5.48. The summed E-state index contributed by atoms with van der Waals surface area (Å²) in [6.07, 6.45) is 9.23. The Balaban J connectivity index is 1.13. The van der Waals surface area contributed by atoms with Crippen molar-refractivity contribution in [3.05, 3.63) is 84.1 Å². The second-order valence-electron chi connectivity index (χ2n) is 9.85. The second kappa shape index (κ2) is 10.2. The van der Waals surface area contributed by atoms with Crippen LogP contribution in [0.1, 0.15) is 35.8 Å². The van der Waals surface area contributed by atoms with Gasteiger partial charge in [-0.2, -0.15) is 0 Å². The van der Waals surface area contributed by atoms with Crippen LogP contribution in [0.15, 0.2) is 67.1 Å². The number of hydrogen-bond donors (Lipinski definition) is 1. The van der Waals surface area contributed by atoms with Crippen LogP contribution >= 0.6 is 0 Å². The highest BCUT2D eigenvalue weighted by Gasteiger charge is 2.26. The van der Waals surface area contributed by atoms with E-state index in [9.17, 15) is 4.79 Å². The van der Waals surface area contributed by atoms with Crippen molar-refractivity contribution in [1.29, 1.82) is 0 Å². The number of hydrogen-bond acceptors (Lipinski definition) is 6. The van der Waals surface area contributed by atoms with Crippen molar-refractivity contribution in [2.75, 3.05) is 43.4 Å². The lowest BCUT2D eigenvalue weighted by atomic mass is 9.91. The van der Waals surface area contributed by atoms with Gasteiger partial charge in [-0.15, -0.1) is 0 Å². The first-order valence-corrected chi connectivity index (χ1v) is 13.0. The molecule has 4 aromatic rings. The number of pyridine rings is 1. The van der Waals surface area contributed by atoms with Gasteiger partial charge in [-0.3, -0.25) is 14.3 Å². The van der Waals surface area contributed by atoms with Gasteiger partial charge in [0, 0.05) is 57.0 Å². The van der Waals surface area contributed by atoms with Crippen molar-refractivity contribution in [3.63, 3.8) is 0 Å². The average molecular weight is 497 g/mol. The van der Waals surface area contributed by atoms with Gasteiger partial charge in [-0.25, -0.2) is 14.8 Å². The van der Waals surface area contributed by atoms with Gasteiger partial charge in [0.05, 0.1) is 17.4 Å². The fourth-order valence-corrected chi connectivity index (χ4v) is 5.48. The van der Waals surface area contributed by atoms with E-state index in [2.05, 4.69) is 43.8 Å². The highest BCUT2D eigenvalue weighted by Crippen LogP contribution is 2.32. The summed E-state index contributed by atoms with van der Waals surface area (Å²) >= 11 is 0. The van der Waals surface area contributed by atoms with Crippen molar-refractivity contribution in [3.8, 4) is 0 Å². The van der Waals surface area contributed by atoms with Crippen LogP contribution in [-0.4, -0.2) is 68.4 Å². The third-order valence-corrected chi connectivity index (χ3v) is 7.40. The molecule has 2 aliphatic rings. The zero-order chi connectivity index (χ0) is 25.2. The zero-order valence-corrected chi connectivity index (χ0v) is 21.1. The monoisotopic (exact) mass is 496 g/mol. The Kier molecular flexibility index (Phi) is 6.44. The van der Waals surface area contributed by atoms with Gasteiger partial charge in [0.25, 0.3) is 0 Å². The van der Waals surface area contributed by atoms with E-state index in [0.29, 0.717) is 32.2 Å². The minimum atomic E-state index is -0.0660. The van der Waals surface area contributed by atoms with Gasteiger partial charge < -0.3 is 15.1 Å². The third-order valence-electron chi connectivity index (χ3n) is 7.40. The first kappa shape index (κ1) is 23.4. The predicted molar refractivity (Wildman–Crippen MR) is 144 cm³/mol. The number of rotatable bonds is 5. The number of anilines is 2. The number of piperazine rings is 1. The minimum Gasteiger partial charge on any atom is -0.338 e. The summed E-state index contributed by atoms with van der Waals surface area (Å²) in [4.78, 5) is 33.4. The number of benzene rings is 1. The predicted octanol–water partition coefficient (Wildman–Crippen LogP) is 3.99. The highest BCUT2D eigenvalue weighted by molar-refractivity contribution is 5.89. The molecule has 0 radical (unpaired) electrons. The number of para-hydroxylation sites is 1. The van der Waals surface area contributed by atoms with Gasteiger partial charge in [-0.05, 0) is 56.1 Å². The molecule has 37 heavy (non-hydrogen) atoms. The molecule has 9 nitrogen and oxygen atoms in total. The molecule has 1 atom stereocenters. The Labute approximate surface area is 216 Å². The molecule has 190 valence electrons. The van der Waals surface area contributed by atoms with E-state index in [-0.39, 0.29) is 6.03 Å². The number of aryl methyl sites for hydroxylation is 1. The number of aromatic nitrogens is 4. The maximum atomic E-state index is 12.7. The molecule has 0 spiro atoms. The smallest absolute Gasteiger partial charge is 0.321 e. The first-order chi connectivity index (χ1) is 18.2. The lowest BCUT2D eigenvalue weighted by Crippen LogP contribution is -2.50. The van der Waals surface area contributed by atoms with Gasteiger partial charge >= 0.3 is 6.03 Å². The van der Waals surface area contributed by atoms with Crippen LogP contribution in [-0.2, 0) is 13.0 Å². The molecule has 6 rings (SSSR count). The summed E-state index contributed by atoms with van der Waals surface area (Å²) in [6, 6.07) is 16.0. The number of imidazole rings is 1. The van der Waals surface area contributed by atoms with E-state index in [1.54, 1.807) is 0 Å². The van der Waals surface area contributed by atoms with Crippen LogP contribution in [0.2, 0.25) is 0 Å². The molecule has 3 aromatic heterocycles. The first-order valence-electron chi connectivity index (χ1n) is 13.0. The van der Waals surface area contributed by atoms with E-state index in [1.807, 2.05) is 59.8 Å². The van der Waals surface area contributed by atoms with Crippen LogP contribution < -0.4 is 10.2 Å². The maximum absolute atomic E-state index is 12.7. The molecule has 1 N–H and O–H groups in total. The number of amides is 2. The lowest BCUT2D eigenvalue weighted by molar-refractivity contribution is 0.206. The number of carbonyl (C=O) groups is 1. The number of fused-ring (bicyclic) bond motifs is 2. The summed E-state index contributed by atoms with van der Waals surface area (Å²) in [5, 5.41) is 2.98. The zero-order valence-electron chi connectivity index (χ0n) is 21.1. The van der Waals surface area contributed by atoms with Gasteiger partial charge in [-0.1, -0.05) is 24.3 Å². The molecule has 1 fully saturated rings. The largest absolute Gasteiger partial charge is 0.338 e. The Morgan fingerprint density at radius 3 is 2.70 bits per heavy atom. The van der Waals surface area contributed by atoms with E-state index < -0.39 is 0 Å². The van der Waals surface area contributed by atoms with Crippen LogP contribution in [0.3, 0.4) is 0 Å². The van der Waals surface area contributed by atoms with E-state index in [1.165, 1.54) is 17.7 Å². The molecule has 0 bridgehead atoms. The topological polar surface area (TPSA) is 81.9 Å². The quantitative estimate of drug-likeness (QED) is 0.450. The molecule has 1 aromatic carbocycles. The second-order valence-corrected chi connectivity index (χ2v) is 9.85. The summed E-state index contributed by atoms with van der Waals surface area (Å²) in [5.74, 6) is 0.867. The highest BCUT2D eigenvalue weighted by atomic mass is 16.2. The summed E-state index contributed by atoms with van der Waals surface area (Å²) in [6.45, 7) is 3.44. The summed E-state index contributed by atoms with van der Waals surface area (Å²) < 4.78 is 2.08. The summed E-state index contributed by atoms with van der Waals surface area (Å²) in [7, 11) is 2.16. The van der Waals surface area contributed by atoms with Crippen LogP contribution in [0.4, 0.5) is 16.4 Å². The molecular formula is C28H32N8O. The van der Waals surface area contributed by atoms with Gasteiger partial charge in [0.1, 0.15) is 5.65 Å². The Morgan fingerprint density at radius 2 is 1.86 bits per heavy atom. The SMILES string of the molecule is CN(Cc1cn2c(N3CCN(C(=O)Nc4ccccc4)CC3)nccc2n1)[C@H]1CCCc2cccnc21. The minimum absolute atomic E-state index is 0.0660. The van der Waals surface area contributed by atoms with Crippen molar-refractivity contribution in [2.45, 2.75) is 31.8 Å². The van der Waals surface area contributed by atoms with E-state index in [4.69, 9.17) is 9.97 Å². The van der Waals surface area contributed by atoms with Crippen molar-refractivity contribution in [1.82, 2.24) is 29.2 Å². The van der Waals surface area contributed by atoms with E-state index >= 15 is 0 Å². The maximum Gasteiger partial charge on any atom is 0.321 e. The number of nitrogens with one attached hydrogen (secondary N) is 1. The summed E-state index contributed by atoms with van der Waals surface area (Å²) in [5.41, 5.74) is 5.28. The molecule has 0 unspecified atom stereocenters. The molecule has 4 heterocycles. The van der Waals surface area contributed by atoms with Crippen molar-refractivity contribution < 1.29 is 4.79 Å². The van der Waals surface area contributed by atoms with Gasteiger partial charge in [0.2, 0.25) is 5.95 Å². The molecule has 0 saturated carbocycles. The number of nitrogens with zero attached hydrogens (tertiary/aromatic N) is 7. The number of carbonyl (C=O) groups excluding carboxylic acids is 1. The molecular weight excluding hydrogens is 464 g/mol. The molecule has 1 aliphatic carbocycles. The standard InChI is InChI=1S/C28H32N8O/c1-33(24-11-5-7-21-8-6-13-29-26(21)24)19-23-20-36-25(31-23)12-14-30-27(36)34-15-17-35(18-16-34)28(37)32-22-9-3-2-4-10-22/h2-4,6,8-10,12-14,20,24H,5,7,11,15-19H2,1H3,(H,32,37)/t24-/m0/s1. The third kappa shape index (κ3) is 4.86. The average Bonchev–Trinajstić information content (AvgIpc) is 3.36. The molecule has 9 heteroatoms. The van der Waals surface area contributed by atoms with E-state index in [0.717, 1.165) is 42.4 Å². The Bertz CT molecular complexity index is 1380. The normalized spacial score (nSPS) is 17.7.